The number of ketones is 1. The molecule has 530 valence electrons. The maximum atomic E-state index is 14.1. The first kappa shape index (κ1) is 72.9. The Balaban J connectivity index is 0.000000200. The molecule has 6 N–H and O–H groups in total. The third-order valence-corrected chi connectivity index (χ3v) is 24.0. The van der Waals surface area contributed by atoms with Gasteiger partial charge in [0.15, 0.2) is 5.78 Å². The molecule has 2 heterocycles. The molecule has 0 radical (unpaired) electrons. The summed E-state index contributed by atoms with van der Waals surface area (Å²) >= 11 is 0. The van der Waals surface area contributed by atoms with E-state index in [-0.39, 0.29) is 61.9 Å². The van der Waals surface area contributed by atoms with Crippen LogP contribution in [-0.2, 0) is 45.2 Å². The summed E-state index contributed by atoms with van der Waals surface area (Å²) in [5.41, 5.74) is 9.37. The van der Waals surface area contributed by atoms with Gasteiger partial charge in [0.05, 0.1) is 52.7 Å². The van der Waals surface area contributed by atoms with Crippen molar-refractivity contribution in [1.29, 1.82) is 0 Å². The average Bonchev–Trinajstić information content (AvgIpc) is 1.31. The summed E-state index contributed by atoms with van der Waals surface area (Å²) in [6, 6.07) is 45.7. The Morgan fingerprint density at radius 2 is 0.980 bits per heavy atom. The number of hydroxylamine groups is 4. The lowest BCUT2D eigenvalue weighted by Gasteiger charge is -2.62. The molecule has 16 atom stereocenters. The molecule has 6 saturated carbocycles. The van der Waals surface area contributed by atoms with Gasteiger partial charge >= 0.3 is 0 Å². The molecule has 8 aliphatic rings. The largest absolute Gasteiger partial charge is 0.496 e. The molecule has 17 heteroatoms. The Kier molecular flexibility index (Phi) is 23.0. The lowest BCUT2D eigenvalue weighted by Crippen LogP contribution is -2.62. The van der Waals surface area contributed by atoms with E-state index in [9.17, 15) is 39.6 Å². The standard InChI is InChI=1S/C41H53N3O6.C41H52N2O6/c1-25-33-21-31(41(33,3)4)22-34(25)42-39(47)37-36(26(2)46)35(24-45)50-44(37)23-30-13-10-14-32(38(30)49-6)28-15-17-29(18-16-28)40(48)43(5)20-19-27-11-8-7-9-12-27;1-25-33-21-31(41(33,3)4)22-34(25)42-40(47)38-37(26(2)45)36(24-44)49-43(38)23-30-14-10-15-32(39(30)48-5)28-17-19-29(20-18-28)35(46)16-9-13-27-11-7-6-8-12-27/h7-18,25-26,31,33-37,45-46H,19-24H2,1-6H3,(H,42,47);6-8,10-12,14-15,17-20,25-26,31,33-34,36-38,44-45H,9,13,16,21-24H2,1-5H3,(H,42,47)/t25-,26-,31+,33-,34-,35-,36+,37-;25-,26-,31+,33-,34-,36-,37+,38-/m00/s1. The van der Waals surface area contributed by atoms with Gasteiger partial charge in [-0.2, -0.15) is 10.1 Å². The van der Waals surface area contributed by atoms with Crippen LogP contribution < -0.4 is 20.1 Å². The van der Waals surface area contributed by atoms with E-state index in [0.717, 1.165) is 65.5 Å². The zero-order chi connectivity index (χ0) is 70.6. The van der Waals surface area contributed by atoms with E-state index in [4.69, 9.17) is 19.1 Å². The SMILES string of the molecule is COc1c(CN2O[C@@H](CO)[C@@H]([C@H](C)O)[C@H]2C(=O)N[C@H]2C[C@H]3C[C@@H]([C@@H]2C)C3(C)C)cccc1-c1ccc(C(=O)CCCc2ccccc2)cc1.COc1c(CN2O[C@@H](CO)[C@@H]([C@H](C)O)[C@H]2C(=O)N[C@H]2C[C@H]3C[C@@H]([C@@H]2C)C3(C)C)cccc1-c1ccc(C(=O)N(C)CCc2ccccc2)cc1. The van der Waals surface area contributed by atoms with Crippen LogP contribution in [0.3, 0.4) is 0 Å². The van der Waals surface area contributed by atoms with Crippen LogP contribution in [0.2, 0.25) is 0 Å². The summed E-state index contributed by atoms with van der Waals surface area (Å²) in [4.78, 5) is 68.5. The van der Waals surface area contributed by atoms with Crippen LogP contribution in [0.25, 0.3) is 22.3 Å². The highest BCUT2D eigenvalue weighted by atomic mass is 16.7. The number of ether oxygens (including phenoxy) is 2. The number of rotatable bonds is 25. The molecule has 0 aromatic heterocycles. The minimum atomic E-state index is -0.879. The van der Waals surface area contributed by atoms with Crippen molar-refractivity contribution in [3.63, 3.8) is 0 Å². The summed E-state index contributed by atoms with van der Waals surface area (Å²) in [5, 5.41) is 52.1. The Labute approximate surface area is 585 Å². The normalized spacial score (nSPS) is 27.8. The summed E-state index contributed by atoms with van der Waals surface area (Å²) in [7, 11) is 5.06. The second-order valence-corrected chi connectivity index (χ2v) is 30.3. The smallest absolute Gasteiger partial charge is 0.253 e. The molecule has 17 nitrogen and oxygen atoms in total. The molecule has 99 heavy (non-hydrogen) atoms. The fourth-order valence-corrected chi connectivity index (χ4v) is 17.8. The Hall–Kier alpha value is -7.32. The quantitative estimate of drug-likeness (QED) is 0.0294. The van der Waals surface area contributed by atoms with E-state index in [1.54, 1.807) is 43.1 Å². The van der Waals surface area contributed by atoms with E-state index in [0.29, 0.717) is 81.9 Å². The minimum absolute atomic E-state index is 0.0434. The number of methoxy groups -OCH3 is 2. The number of aliphatic hydroxyl groups is 4. The van der Waals surface area contributed by atoms with Crippen molar-refractivity contribution in [2.45, 2.75) is 168 Å². The second-order valence-electron chi connectivity index (χ2n) is 30.3. The van der Waals surface area contributed by atoms with Crippen LogP contribution in [0.15, 0.2) is 146 Å². The highest BCUT2D eigenvalue weighted by Gasteiger charge is 2.59. The lowest BCUT2D eigenvalue weighted by atomic mass is 9.45. The zero-order valence-corrected chi connectivity index (χ0v) is 59.7. The number of hydrogen-bond donors (Lipinski definition) is 6. The number of nitrogens with zero attached hydrogens (tertiary/aromatic N) is 3. The summed E-state index contributed by atoms with van der Waals surface area (Å²) < 4.78 is 11.9. The molecule has 0 spiro atoms. The molecule has 4 bridgehead atoms. The molecule has 8 fully saturated rings. The lowest BCUT2D eigenvalue weighted by molar-refractivity contribution is -0.183. The zero-order valence-electron chi connectivity index (χ0n) is 59.7. The van der Waals surface area contributed by atoms with Crippen molar-refractivity contribution in [2.24, 2.45) is 58.2 Å². The molecule has 0 unspecified atom stereocenters. The number of benzene rings is 6. The highest BCUT2D eigenvalue weighted by Crippen LogP contribution is 2.62. The molecular formula is C82H105N5O12. The van der Waals surface area contributed by atoms with Gasteiger partial charge in [0.1, 0.15) is 35.8 Å². The van der Waals surface area contributed by atoms with Gasteiger partial charge in [0.25, 0.3) is 5.91 Å². The first-order valence-corrected chi connectivity index (χ1v) is 35.9. The maximum Gasteiger partial charge on any atom is 0.253 e. The topological polar surface area (TPSA) is 220 Å². The molecule has 6 aromatic rings. The van der Waals surface area contributed by atoms with Gasteiger partial charge in [0.2, 0.25) is 11.8 Å². The number of aliphatic hydroxyl groups excluding tert-OH is 4. The number of nitrogens with one attached hydrogen (secondary N) is 2. The number of Topliss-reactive ketones (excluding diaryl/α,β-unsaturated/α-hetero) is 1. The molecule has 14 rings (SSSR count). The van der Waals surface area contributed by atoms with Gasteiger partial charge in [-0.25, -0.2) is 0 Å². The van der Waals surface area contributed by atoms with Gasteiger partial charge in [-0.05, 0) is 140 Å². The third-order valence-electron chi connectivity index (χ3n) is 24.0. The Morgan fingerprint density at radius 3 is 1.36 bits per heavy atom. The maximum absolute atomic E-state index is 14.1. The highest BCUT2D eigenvalue weighted by molar-refractivity contribution is 5.97. The number of fused-ring (bicyclic) bond motifs is 4. The molecule has 2 aliphatic heterocycles. The third kappa shape index (κ3) is 15.3. The van der Waals surface area contributed by atoms with E-state index < -0.39 is 48.3 Å². The molecule has 6 aromatic carbocycles. The van der Waals surface area contributed by atoms with Crippen LogP contribution in [-0.4, -0.2) is 149 Å². The minimum Gasteiger partial charge on any atom is -0.496 e. The van der Waals surface area contributed by atoms with Gasteiger partial charge < -0.3 is 45.4 Å². The van der Waals surface area contributed by atoms with Crippen LogP contribution >= 0.6 is 0 Å². The second kappa shape index (κ2) is 31.3. The first-order valence-electron chi connectivity index (χ1n) is 35.9. The number of carbonyl (C=O) groups excluding carboxylic acids is 4. The number of aryl methyl sites for hydroxylation is 1. The monoisotopic (exact) mass is 1350 g/mol. The van der Waals surface area contributed by atoms with Crippen molar-refractivity contribution in [2.75, 3.05) is 41.0 Å². The fourth-order valence-electron chi connectivity index (χ4n) is 17.8. The van der Waals surface area contributed by atoms with Crippen molar-refractivity contribution in [3.05, 3.63) is 179 Å². The van der Waals surface area contributed by atoms with Crippen LogP contribution in [0, 0.1) is 58.2 Å². The van der Waals surface area contributed by atoms with Gasteiger partial charge in [0, 0.05) is 77.3 Å². The van der Waals surface area contributed by atoms with E-state index in [1.165, 1.54) is 24.0 Å². The van der Waals surface area contributed by atoms with E-state index >= 15 is 0 Å². The summed E-state index contributed by atoms with van der Waals surface area (Å²) in [6.45, 7) is 17.5. The number of hydrogen-bond acceptors (Lipinski definition) is 14. The van der Waals surface area contributed by atoms with E-state index in [1.807, 2.05) is 128 Å². The van der Waals surface area contributed by atoms with Crippen molar-refractivity contribution < 1.29 is 58.8 Å². The van der Waals surface area contributed by atoms with Crippen LogP contribution in [0.5, 0.6) is 11.5 Å². The Morgan fingerprint density at radius 1 is 0.566 bits per heavy atom. The number of likely N-dealkylation sites (N-methyl/N-ethyl adjacent to an activating group) is 1. The Bertz CT molecular complexity index is 3730. The van der Waals surface area contributed by atoms with E-state index in [2.05, 4.69) is 76.4 Å². The van der Waals surface area contributed by atoms with Gasteiger partial charge in [-0.3, -0.25) is 28.9 Å². The molecule has 3 amide bonds. The van der Waals surface area contributed by atoms with Crippen molar-refractivity contribution in [1.82, 2.24) is 25.7 Å². The van der Waals surface area contributed by atoms with Gasteiger partial charge in [-0.1, -0.05) is 175 Å². The average molecular weight is 1350 g/mol. The molecule has 2 saturated heterocycles. The summed E-state index contributed by atoms with van der Waals surface area (Å²) in [6.07, 6.45) is 4.04. The number of carbonyl (C=O) groups is 4. The number of para-hydroxylation sites is 2. The van der Waals surface area contributed by atoms with Crippen molar-refractivity contribution in [3.8, 4) is 33.8 Å². The van der Waals surface area contributed by atoms with Crippen LogP contribution in [0.4, 0.5) is 0 Å². The predicted octanol–water partition coefficient (Wildman–Crippen LogP) is 11.6. The number of amides is 3. The molecular weight excluding hydrogens is 1250 g/mol. The van der Waals surface area contributed by atoms with Crippen molar-refractivity contribution >= 4 is 23.5 Å². The fraction of sp³-hybridized carbons (Fsp3) is 0.512. The molecule has 6 aliphatic carbocycles. The summed E-state index contributed by atoms with van der Waals surface area (Å²) in [5.74, 6) is 2.76. The first-order chi connectivity index (χ1) is 47.5. The predicted molar refractivity (Wildman–Crippen MR) is 383 cm³/mol. The van der Waals surface area contributed by atoms with Gasteiger partial charge in [-0.15, -0.1) is 0 Å². The van der Waals surface area contributed by atoms with Crippen LogP contribution in [0.1, 0.15) is 137 Å².